The Balaban J connectivity index is 1.84. The third-order valence-corrected chi connectivity index (χ3v) is 4.30. The van der Waals surface area contributed by atoms with Gasteiger partial charge in [-0.1, -0.05) is 35.9 Å². The number of hydrogen-bond donors (Lipinski definition) is 2. The SMILES string of the molecule is COc1cccc(CNc2ccccc2C(=O)c2ccc(Cl)cc2)c1O. The lowest BCUT2D eigenvalue weighted by Gasteiger charge is -2.13. The summed E-state index contributed by atoms with van der Waals surface area (Å²) in [6, 6.07) is 19.4. The van der Waals surface area contributed by atoms with E-state index < -0.39 is 0 Å². The number of hydrogen-bond acceptors (Lipinski definition) is 4. The number of phenolic OH excluding ortho intramolecular Hbond substituents is 1. The van der Waals surface area contributed by atoms with Crippen molar-refractivity contribution in [2.24, 2.45) is 0 Å². The zero-order valence-electron chi connectivity index (χ0n) is 14.2. The van der Waals surface area contributed by atoms with Gasteiger partial charge >= 0.3 is 0 Å². The molecule has 26 heavy (non-hydrogen) atoms. The summed E-state index contributed by atoms with van der Waals surface area (Å²) in [4.78, 5) is 12.8. The van der Waals surface area contributed by atoms with Gasteiger partial charge in [-0.05, 0) is 42.5 Å². The monoisotopic (exact) mass is 367 g/mol. The van der Waals surface area contributed by atoms with E-state index >= 15 is 0 Å². The number of benzene rings is 3. The molecule has 0 aliphatic heterocycles. The molecule has 0 atom stereocenters. The number of phenols is 1. The van der Waals surface area contributed by atoms with Gasteiger partial charge in [-0.25, -0.2) is 0 Å². The molecule has 5 heteroatoms. The van der Waals surface area contributed by atoms with E-state index in [-0.39, 0.29) is 11.5 Å². The number of nitrogens with one attached hydrogen (secondary N) is 1. The predicted octanol–water partition coefficient (Wildman–Crippen LogP) is 4.90. The number of halogens is 1. The molecule has 0 aromatic heterocycles. The lowest BCUT2D eigenvalue weighted by Crippen LogP contribution is -2.08. The van der Waals surface area contributed by atoms with Crippen LogP contribution in [0.1, 0.15) is 21.5 Å². The van der Waals surface area contributed by atoms with Crippen LogP contribution < -0.4 is 10.1 Å². The maximum atomic E-state index is 12.8. The summed E-state index contributed by atoms with van der Waals surface area (Å²) in [7, 11) is 1.51. The normalized spacial score (nSPS) is 10.4. The zero-order valence-corrected chi connectivity index (χ0v) is 15.0. The second-order valence-corrected chi connectivity index (χ2v) is 6.14. The van der Waals surface area contributed by atoms with Gasteiger partial charge in [0, 0.05) is 33.9 Å². The molecule has 0 fully saturated rings. The Morgan fingerprint density at radius 3 is 2.50 bits per heavy atom. The van der Waals surface area contributed by atoms with Gasteiger partial charge in [-0.3, -0.25) is 4.79 Å². The van der Waals surface area contributed by atoms with Crippen LogP contribution in [0.15, 0.2) is 66.7 Å². The fourth-order valence-corrected chi connectivity index (χ4v) is 2.78. The highest BCUT2D eigenvalue weighted by molar-refractivity contribution is 6.30. The van der Waals surface area contributed by atoms with E-state index in [4.69, 9.17) is 16.3 Å². The van der Waals surface area contributed by atoms with Crippen LogP contribution >= 0.6 is 11.6 Å². The van der Waals surface area contributed by atoms with Gasteiger partial charge in [0.05, 0.1) is 7.11 Å². The third-order valence-electron chi connectivity index (χ3n) is 4.05. The minimum Gasteiger partial charge on any atom is -0.504 e. The largest absolute Gasteiger partial charge is 0.504 e. The highest BCUT2D eigenvalue weighted by atomic mass is 35.5. The molecule has 0 heterocycles. The van der Waals surface area contributed by atoms with E-state index in [9.17, 15) is 9.90 Å². The Kier molecular flexibility index (Phi) is 5.44. The van der Waals surface area contributed by atoms with Crippen LogP contribution in [0.25, 0.3) is 0 Å². The van der Waals surface area contributed by atoms with Gasteiger partial charge in [0.2, 0.25) is 0 Å². The lowest BCUT2D eigenvalue weighted by molar-refractivity contribution is 0.103. The van der Waals surface area contributed by atoms with Crippen LogP contribution in [-0.4, -0.2) is 18.0 Å². The van der Waals surface area contributed by atoms with Crippen LogP contribution in [0, 0.1) is 0 Å². The average Bonchev–Trinajstić information content (AvgIpc) is 2.67. The van der Waals surface area contributed by atoms with Gasteiger partial charge in [0.1, 0.15) is 0 Å². The van der Waals surface area contributed by atoms with Crippen molar-refractivity contribution >= 4 is 23.1 Å². The van der Waals surface area contributed by atoms with Gasteiger partial charge in [-0.15, -0.1) is 0 Å². The molecule has 3 aromatic rings. The minimum absolute atomic E-state index is 0.0870. The number of ketones is 1. The van der Waals surface area contributed by atoms with Crippen molar-refractivity contribution in [3.05, 3.63) is 88.4 Å². The Morgan fingerprint density at radius 1 is 1.04 bits per heavy atom. The fourth-order valence-electron chi connectivity index (χ4n) is 2.66. The molecular weight excluding hydrogens is 350 g/mol. The molecule has 0 aliphatic rings. The second-order valence-electron chi connectivity index (χ2n) is 5.70. The summed E-state index contributed by atoms with van der Waals surface area (Å²) in [5.74, 6) is 0.401. The molecule has 3 rings (SSSR count). The van der Waals surface area contributed by atoms with E-state index in [0.717, 1.165) is 0 Å². The number of ether oxygens (including phenoxy) is 1. The van der Waals surface area contributed by atoms with Crippen LogP contribution in [0.3, 0.4) is 0 Å². The van der Waals surface area contributed by atoms with Gasteiger partial charge in [0.25, 0.3) is 0 Å². The summed E-state index contributed by atoms with van der Waals surface area (Å²) >= 11 is 5.89. The standard InChI is InChI=1S/C21H18ClNO3/c1-26-19-8-4-5-15(21(19)25)13-23-18-7-3-2-6-17(18)20(24)14-9-11-16(22)12-10-14/h2-12,23,25H,13H2,1H3. The number of methoxy groups -OCH3 is 1. The number of carbonyl (C=O) groups is 1. The van der Waals surface area contributed by atoms with Crippen molar-refractivity contribution in [1.29, 1.82) is 0 Å². The molecule has 0 radical (unpaired) electrons. The van der Waals surface area contributed by atoms with Crippen LogP contribution in [0.4, 0.5) is 5.69 Å². The van der Waals surface area contributed by atoms with Gasteiger partial charge in [0.15, 0.2) is 17.3 Å². The summed E-state index contributed by atoms with van der Waals surface area (Å²) in [5.41, 5.74) is 2.48. The Hall–Kier alpha value is -2.98. The van der Waals surface area contributed by atoms with Crippen molar-refractivity contribution in [1.82, 2.24) is 0 Å². The molecular formula is C21H18ClNO3. The Labute approximate surface area is 157 Å². The second kappa shape index (κ2) is 7.93. The lowest BCUT2D eigenvalue weighted by atomic mass is 10.0. The number of para-hydroxylation sites is 2. The first-order valence-corrected chi connectivity index (χ1v) is 8.46. The molecule has 2 N–H and O–H groups in total. The molecule has 0 bridgehead atoms. The highest BCUT2D eigenvalue weighted by Crippen LogP contribution is 2.30. The summed E-state index contributed by atoms with van der Waals surface area (Å²) in [6.45, 7) is 0.355. The van der Waals surface area contributed by atoms with E-state index in [1.165, 1.54) is 7.11 Å². The van der Waals surface area contributed by atoms with Gasteiger partial charge in [-0.2, -0.15) is 0 Å². The van der Waals surface area contributed by atoms with Crippen molar-refractivity contribution in [2.75, 3.05) is 12.4 Å². The first kappa shape index (κ1) is 17.8. The van der Waals surface area contributed by atoms with Crippen LogP contribution in [-0.2, 0) is 6.54 Å². The summed E-state index contributed by atoms with van der Waals surface area (Å²) in [5, 5.41) is 14.0. The topological polar surface area (TPSA) is 58.6 Å². The molecule has 4 nitrogen and oxygen atoms in total. The van der Waals surface area contributed by atoms with E-state index in [1.54, 1.807) is 48.5 Å². The van der Waals surface area contributed by atoms with E-state index in [1.807, 2.05) is 18.2 Å². The van der Waals surface area contributed by atoms with Gasteiger partial charge < -0.3 is 15.2 Å². The molecule has 0 aliphatic carbocycles. The smallest absolute Gasteiger partial charge is 0.195 e. The average molecular weight is 368 g/mol. The summed E-state index contributed by atoms with van der Waals surface area (Å²) < 4.78 is 5.12. The number of rotatable bonds is 6. The van der Waals surface area contributed by atoms with Crippen molar-refractivity contribution in [3.8, 4) is 11.5 Å². The van der Waals surface area contributed by atoms with Crippen LogP contribution in [0.5, 0.6) is 11.5 Å². The molecule has 132 valence electrons. The molecule has 0 amide bonds. The fraction of sp³-hybridized carbons (Fsp3) is 0.0952. The zero-order chi connectivity index (χ0) is 18.5. The molecule has 0 unspecified atom stereocenters. The third kappa shape index (κ3) is 3.81. The number of anilines is 1. The van der Waals surface area contributed by atoms with Crippen molar-refractivity contribution < 1.29 is 14.6 Å². The Morgan fingerprint density at radius 2 is 1.77 bits per heavy atom. The quantitative estimate of drug-likeness (QED) is 0.608. The van der Waals surface area contributed by atoms with E-state index in [2.05, 4.69) is 5.32 Å². The molecule has 0 saturated heterocycles. The minimum atomic E-state index is -0.0976. The molecule has 0 saturated carbocycles. The predicted molar refractivity (Wildman–Crippen MR) is 103 cm³/mol. The maximum Gasteiger partial charge on any atom is 0.195 e. The number of carbonyl (C=O) groups excluding carboxylic acids is 1. The number of aromatic hydroxyl groups is 1. The van der Waals surface area contributed by atoms with Crippen LogP contribution in [0.2, 0.25) is 5.02 Å². The maximum absolute atomic E-state index is 12.8. The van der Waals surface area contributed by atoms with Crippen molar-refractivity contribution in [2.45, 2.75) is 6.54 Å². The highest BCUT2D eigenvalue weighted by Gasteiger charge is 2.14. The Bertz CT molecular complexity index is 923. The molecule has 3 aromatic carbocycles. The summed E-state index contributed by atoms with van der Waals surface area (Å²) in [6.07, 6.45) is 0. The molecule has 0 spiro atoms. The first-order chi connectivity index (χ1) is 12.6. The van der Waals surface area contributed by atoms with Crippen molar-refractivity contribution in [3.63, 3.8) is 0 Å². The first-order valence-electron chi connectivity index (χ1n) is 8.08. The van der Waals surface area contributed by atoms with E-state index in [0.29, 0.717) is 39.7 Å².